The van der Waals surface area contributed by atoms with E-state index in [1.54, 1.807) is 30.3 Å². The molecule has 0 aromatic heterocycles. The zero-order valence-corrected chi connectivity index (χ0v) is 17.3. The second-order valence-corrected chi connectivity index (χ2v) is 8.90. The Morgan fingerprint density at radius 1 is 0.862 bits per heavy atom. The zero-order valence-electron chi connectivity index (χ0n) is 16.5. The Balaban J connectivity index is 1.89. The van der Waals surface area contributed by atoms with Crippen molar-refractivity contribution in [3.8, 4) is 0 Å². The van der Waals surface area contributed by atoms with Crippen LogP contribution >= 0.6 is 0 Å². The Kier molecular flexibility index (Phi) is 6.34. The van der Waals surface area contributed by atoms with Crippen LogP contribution in [0, 0.1) is 0 Å². The average Bonchev–Trinajstić information content (AvgIpc) is 2.72. The summed E-state index contributed by atoms with van der Waals surface area (Å²) in [5.41, 5.74) is 3.65. The topological polar surface area (TPSA) is 66.5 Å². The summed E-state index contributed by atoms with van der Waals surface area (Å²) < 4.78 is 25.3. The molecule has 29 heavy (non-hydrogen) atoms. The van der Waals surface area contributed by atoms with Gasteiger partial charge in [-0.2, -0.15) is 0 Å². The number of sulfonamides is 1. The van der Waals surface area contributed by atoms with Crippen LogP contribution in [-0.2, 0) is 22.9 Å². The Labute approximate surface area is 172 Å². The molecule has 0 aliphatic heterocycles. The quantitative estimate of drug-likeness (QED) is 0.639. The van der Waals surface area contributed by atoms with Gasteiger partial charge >= 0.3 is 0 Å². The monoisotopic (exact) mass is 408 g/mol. The molecule has 3 rings (SSSR count). The first-order valence-corrected chi connectivity index (χ1v) is 11.2. The molecule has 0 heterocycles. The summed E-state index contributed by atoms with van der Waals surface area (Å²) in [6.45, 7) is 0. The normalized spacial score (nSPS) is 11.1. The van der Waals surface area contributed by atoms with E-state index in [9.17, 15) is 13.2 Å². The van der Waals surface area contributed by atoms with Crippen molar-refractivity contribution in [2.45, 2.75) is 12.8 Å². The van der Waals surface area contributed by atoms with Crippen molar-refractivity contribution in [1.29, 1.82) is 0 Å². The fraction of sp³-hybridized carbons (Fsp3) is 0.174. The molecule has 0 spiro atoms. The first kappa shape index (κ1) is 20.6. The molecule has 1 amide bonds. The predicted octanol–water partition coefficient (Wildman–Crippen LogP) is 4.12. The summed E-state index contributed by atoms with van der Waals surface area (Å²) in [7, 11) is -1.99. The van der Waals surface area contributed by atoms with Crippen LogP contribution in [0.2, 0.25) is 0 Å². The van der Waals surface area contributed by atoms with Gasteiger partial charge in [-0.05, 0) is 48.2 Å². The average molecular weight is 409 g/mol. The van der Waals surface area contributed by atoms with Gasteiger partial charge in [-0.25, -0.2) is 8.42 Å². The number of anilines is 2. The summed E-state index contributed by atoms with van der Waals surface area (Å²) in [4.78, 5) is 12.7. The Hall–Kier alpha value is -3.12. The van der Waals surface area contributed by atoms with Crippen LogP contribution in [0.25, 0.3) is 0 Å². The number of aryl methyl sites for hydroxylation is 2. The van der Waals surface area contributed by atoms with Crippen LogP contribution in [0.3, 0.4) is 0 Å². The number of nitrogens with zero attached hydrogens (tertiary/aromatic N) is 1. The maximum atomic E-state index is 12.7. The number of carbonyl (C=O) groups excluding carboxylic acids is 1. The fourth-order valence-electron chi connectivity index (χ4n) is 3.01. The lowest BCUT2D eigenvalue weighted by Gasteiger charge is -2.21. The van der Waals surface area contributed by atoms with Crippen molar-refractivity contribution in [2.24, 2.45) is 0 Å². The largest absolute Gasteiger partial charge is 0.320 e. The van der Waals surface area contributed by atoms with E-state index in [1.165, 1.54) is 16.9 Å². The minimum atomic E-state index is -3.46. The van der Waals surface area contributed by atoms with Gasteiger partial charge in [0.15, 0.2) is 0 Å². The second kappa shape index (κ2) is 8.92. The fourth-order valence-corrected chi connectivity index (χ4v) is 3.53. The molecule has 3 aromatic rings. The first-order valence-electron chi connectivity index (χ1n) is 9.32. The maximum absolute atomic E-state index is 12.7. The molecule has 0 saturated heterocycles. The minimum Gasteiger partial charge on any atom is -0.320 e. The molecular weight excluding hydrogens is 384 g/mol. The lowest BCUT2D eigenvalue weighted by Crippen LogP contribution is -2.26. The smallest absolute Gasteiger partial charge is 0.255 e. The molecule has 0 aliphatic carbocycles. The highest BCUT2D eigenvalue weighted by Gasteiger charge is 2.18. The lowest BCUT2D eigenvalue weighted by atomic mass is 10.0. The van der Waals surface area contributed by atoms with E-state index in [0.29, 0.717) is 16.9 Å². The SMILES string of the molecule is CN(c1ccc(CCc2ccccc2)cc1NC(=O)c1ccccc1)S(C)(=O)=O. The molecule has 0 fully saturated rings. The number of hydrogen-bond donors (Lipinski definition) is 1. The van der Waals surface area contributed by atoms with E-state index in [2.05, 4.69) is 17.4 Å². The van der Waals surface area contributed by atoms with Gasteiger partial charge in [-0.3, -0.25) is 9.10 Å². The molecule has 0 saturated carbocycles. The van der Waals surface area contributed by atoms with Gasteiger partial charge in [-0.15, -0.1) is 0 Å². The standard InChI is InChI=1S/C23H24N2O3S/c1-25(29(2,27)28)22-16-15-19(14-13-18-9-5-3-6-10-18)17-21(22)24-23(26)20-11-7-4-8-12-20/h3-12,15-17H,13-14H2,1-2H3,(H,24,26). The van der Waals surface area contributed by atoms with Gasteiger partial charge < -0.3 is 5.32 Å². The number of amides is 1. The van der Waals surface area contributed by atoms with E-state index >= 15 is 0 Å². The summed E-state index contributed by atoms with van der Waals surface area (Å²) in [6, 6.07) is 24.5. The molecular formula is C23H24N2O3S. The van der Waals surface area contributed by atoms with Gasteiger partial charge in [0.2, 0.25) is 10.0 Å². The summed E-state index contributed by atoms with van der Waals surface area (Å²) in [5, 5.41) is 2.87. The van der Waals surface area contributed by atoms with Gasteiger partial charge in [-0.1, -0.05) is 54.6 Å². The third kappa shape index (κ3) is 5.45. The van der Waals surface area contributed by atoms with E-state index in [1.807, 2.05) is 36.4 Å². The van der Waals surface area contributed by atoms with Crippen LogP contribution in [0.15, 0.2) is 78.9 Å². The zero-order chi connectivity index (χ0) is 20.9. The van der Waals surface area contributed by atoms with Crippen LogP contribution in [0.5, 0.6) is 0 Å². The van der Waals surface area contributed by atoms with Crippen molar-refractivity contribution < 1.29 is 13.2 Å². The van der Waals surface area contributed by atoms with Crippen molar-refractivity contribution in [1.82, 2.24) is 0 Å². The highest BCUT2D eigenvalue weighted by Crippen LogP contribution is 2.29. The highest BCUT2D eigenvalue weighted by molar-refractivity contribution is 7.92. The van der Waals surface area contributed by atoms with Gasteiger partial charge in [0.1, 0.15) is 0 Å². The Bertz CT molecular complexity index is 1080. The van der Waals surface area contributed by atoms with Gasteiger partial charge in [0.05, 0.1) is 17.6 Å². The van der Waals surface area contributed by atoms with E-state index in [-0.39, 0.29) is 5.91 Å². The van der Waals surface area contributed by atoms with Crippen LogP contribution in [0.1, 0.15) is 21.5 Å². The predicted molar refractivity (Wildman–Crippen MR) is 118 cm³/mol. The number of carbonyl (C=O) groups is 1. The molecule has 0 radical (unpaired) electrons. The van der Waals surface area contributed by atoms with Crippen molar-refractivity contribution in [3.05, 3.63) is 95.6 Å². The highest BCUT2D eigenvalue weighted by atomic mass is 32.2. The second-order valence-electron chi connectivity index (χ2n) is 6.89. The molecule has 0 atom stereocenters. The molecule has 0 unspecified atom stereocenters. The molecule has 0 bridgehead atoms. The van der Waals surface area contributed by atoms with Crippen molar-refractivity contribution in [3.63, 3.8) is 0 Å². The Morgan fingerprint density at radius 3 is 2.07 bits per heavy atom. The number of hydrogen-bond acceptors (Lipinski definition) is 3. The summed E-state index contributed by atoms with van der Waals surface area (Å²) >= 11 is 0. The van der Waals surface area contributed by atoms with E-state index < -0.39 is 10.0 Å². The molecule has 5 nitrogen and oxygen atoms in total. The van der Waals surface area contributed by atoms with E-state index in [0.717, 1.165) is 24.7 Å². The molecule has 6 heteroatoms. The molecule has 3 aromatic carbocycles. The first-order chi connectivity index (χ1) is 13.8. The van der Waals surface area contributed by atoms with Crippen molar-refractivity contribution >= 4 is 27.3 Å². The molecule has 1 N–H and O–H groups in total. The number of rotatable bonds is 7. The maximum Gasteiger partial charge on any atom is 0.255 e. The van der Waals surface area contributed by atoms with Gasteiger partial charge in [0, 0.05) is 12.6 Å². The van der Waals surface area contributed by atoms with Crippen LogP contribution < -0.4 is 9.62 Å². The summed E-state index contributed by atoms with van der Waals surface area (Å²) in [5.74, 6) is -0.283. The van der Waals surface area contributed by atoms with Crippen molar-refractivity contribution in [2.75, 3.05) is 22.9 Å². The molecule has 0 aliphatic rings. The van der Waals surface area contributed by atoms with Crippen LogP contribution in [-0.4, -0.2) is 27.6 Å². The Morgan fingerprint density at radius 2 is 1.45 bits per heavy atom. The van der Waals surface area contributed by atoms with Crippen LogP contribution in [0.4, 0.5) is 11.4 Å². The summed E-state index contributed by atoms with van der Waals surface area (Å²) in [6.07, 6.45) is 2.77. The van der Waals surface area contributed by atoms with Gasteiger partial charge in [0.25, 0.3) is 5.91 Å². The minimum absolute atomic E-state index is 0.283. The third-order valence-corrected chi connectivity index (χ3v) is 5.92. The van der Waals surface area contributed by atoms with E-state index in [4.69, 9.17) is 0 Å². The number of benzene rings is 3. The lowest BCUT2D eigenvalue weighted by molar-refractivity contribution is 0.102. The number of nitrogens with one attached hydrogen (secondary N) is 1. The third-order valence-electron chi connectivity index (χ3n) is 4.73. The molecule has 150 valence electrons.